The summed E-state index contributed by atoms with van der Waals surface area (Å²) in [4.78, 5) is 0. The molecule has 1 unspecified atom stereocenters. The molecule has 2 rings (SSSR count). The van der Waals surface area contributed by atoms with Gasteiger partial charge in [-0.25, -0.2) is 0 Å². The number of aryl methyl sites for hydroxylation is 2. The molecule has 0 aromatic heterocycles. The second kappa shape index (κ2) is 3.58. The van der Waals surface area contributed by atoms with E-state index in [1.54, 1.807) is 0 Å². The van der Waals surface area contributed by atoms with Gasteiger partial charge in [-0.2, -0.15) is 0 Å². The smallest absolute Gasteiger partial charge is 0.0509 e. The van der Waals surface area contributed by atoms with E-state index in [9.17, 15) is 0 Å². The van der Waals surface area contributed by atoms with Crippen LogP contribution in [0.25, 0.3) is 0 Å². The Labute approximate surface area is 85.8 Å². The zero-order valence-corrected chi connectivity index (χ0v) is 8.93. The van der Waals surface area contributed by atoms with Crippen molar-refractivity contribution in [2.45, 2.75) is 26.3 Å². The molecule has 0 radical (unpaired) electrons. The fourth-order valence-corrected chi connectivity index (χ4v) is 2.31. The van der Waals surface area contributed by atoms with Crippen LogP contribution in [-0.4, -0.2) is 6.54 Å². The van der Waals surface area contributed by atoms with Gasteiger partial charge in [0, 0.05) is 6.54 Å². The van der Waals surface area contributed by atoms with Crippen LogP contribution in [0.5, 0.6) is 0 Å². The molecule has 14 heavy (non-hydrogen) atoms. The van der Waals surface area contributed by atoms with Crippen LogP contribution >= 0.6 is 0 Å². The third-order valence-corrected chi connectivity index (χ3v) is 3.10. The van der Waals surface area contributed by atoms with Gasteiger partial charge >= 0.3 is 0 Å². The van der Waals surface area contributed by atoms with Crippen LogP contribution in [-0.2, 0) is 6.42 Å². The Morgan fingerprint density at radius 1 is 1.36 bits per heavy atom. The third kappa shape index (κ3) is 1.38. The van der Waals surface area contributed by atoms with Crippen molar-refractivity contribution in [3.8, 4) is 0 Å². The van der Waals surface area contributed by atoms with Crippen molar-refractivity contribution in [2.24, 2.45) is 0 Å². The summed E-state index contributed by atoms with van der Waals surface area (Å²) in [7, 11) is 0. The molecule has 0 aliphatic carbocycles. The minimum atomic E-state index is 0.346. The highest BCUT2D eigenvalue weighted by Crippen LogP contribution is 2.29. The Morgan fingerprint density at radius 2 is 2.07 bits per heavy atom. The van der Waals surface area contributed by atoms with Crippen LogP contribution < -0.4 is 5.32 Å². The fourth-order valence-electron chi connectivity index (χ4n) is 2.31. The van der Waals surface area contributed by atoms with E-state index in [0.717, 1.165) is 13.0 Å². The lowest BCUT2D eigenvalue weighted by Crippen LogP contribution is -2.29. The molecule has 74 valence electrons. The van der Waals surface area contributed by atoms with E-state index in [2.05, 4.69) is 37.9 Å². The first-order valence-electron chi connectivity index (χ1n) is 5.19. The lowest BCUT2D eigenvalue weighted by molar-refractivity contribution is 0.577. The predicted octanol–water partition coefficient (Wildman–Crippen LogP) is 2.68. The molecule has 1 heterocycles. The number of hydrogen-bond donors (Lipinski definition) is 1. The molecule has 1 aromatic rings. The summed E-state index contributed by atoms with van der Waals surface area (Å²) in [5.74, 6) is 0. The fraction of sp³-hybridized carbons (Fsp3) is 0.385. The van der Waals surface area contributed by atoms with Gasteiger partial charge in [-0.1, -0.05) is 18.2 Å². The van der Waals surface area contributed by atoms with Crippen LogP contribution in [0.2, 0.25) is 0 Å². The molecule has 0 saturated heterocycles. The summed E-state index contributed by atoms with van der Waals surface area (Å²) in [6.07, 6.45) is 3.15. The largest absolute Gasteiger partial charge is 0.306 e. The monoisotopic (exact) mass is 187 g/mol. The van der Waals surface area contributed by atoms with Gasteiger partial charge in [0.25, 0.3) is 0 Å². The van der Waals surface area contributed by atoms with Crippen LogP contribution in [0.4, 0.5) is 0 Å². The quantitative estimate of drug-likeness (QED) is 0.666. The number of nitrogens with one attached hydrogen (secondary N) is 1. The van der Waals surface area contributed by atoms with Crippen LogP contribution in [0, 0.1) is 13.8 Å². The molecule has 0 saturated carbocycles. The van der Waals surface area contributed by atoms with Crippen molar-refractivity contribution < 1.29 is 0 Å². The first-order chi connectivity index (χ1) is 6.74. The average Bonchev–Trinajstić information content (AvgIpc) is 2.23. The van der Waals surface area contributed by atoms with E-state index < -0.39 is 0 Å². The Bertz CT molecular complexity index is 366. The van der Waals surface area contributed by atoms with Crippen LogP contribution in [0.1, 0.15) is 28.3 Å². The molecule has 0 spiro atoms. The first-order valence-corrected chi connectivity index (χ1v) is 5.19. The second-order valence-corrected chi connectivity index (χ2v) is 4.01. The molecule has 1 aliphatic heterocycles. The summed E-state index contributed by atoms with van der Waals surface area (Å²) >= 11 is 0. The van der Waals surface area contributed by atoms with Gasteiger partial charge < -0.3 is 5.32 Å². The van der Waals surface area contributed by atoms with Gasteiger partial charge in [0.1, 0.15) is 0 Å². The lowest BCUT2D eigenvalue weighted by Gasteiger charge is -2.27. The summed E-state index contributed by atoms with van der Waals surface area (Å²) in [6, 6.07) is 4.77. The predicted molar refractivity (Wildman–Crippen MR) is 60.6 cm³/mol. The van der Waals surface area contributed by atoms with Gasteiger partial charge in [-0.3, -0.25) is 0 Å². The lowest BCUT2D eigenvalue weighted by atomic mass is 9.87. The number of benzene rings is 1. The molecule has 1 heteroatoms. The molecule has 0 bridgehead atoms. The summed E-state index contributed by atoms with van der Waals surface area (Å²) in [5.41, 5.74) is 5.77. The SMILES string of the molecule is C=CC1NCCc2c(C)ccc(C)c21. The van der Waals surface area contributed by atoms with Gasteiger partial charge in [0.05, 0.1) is 6.04 Å². The van der Waals surface area contributed by atoms with Crippen molar-refractivity contribution in [1.82, 2.24) is 5.32 Å². The molecule has 1 nitrogen and oxygen atoms in total. The molecule has 1 aliphatic rings. The van der Waals surface area contributed by atoms with Crippen molar-refractivity contribution in [1.29, 1.82) is 0 Å². The molecule has 1 N–H and O–H groups in total. The molecule has 0 amide bonds. The summed E-state index contributed by atoms with van der Waals surface area (Å²) in [6.45, 7) is 9.34. The van der Waals surface area contributed by atoms with E-state index in [1.807, 2.05) is 6.08 Å². The van der Waals surface area contributed by atoms with E-state index in [-0.39, 0.29) is 0 Å². The van der Waals surface area contributed by atoms with Crippen molar-refractivity contribution in [2.75, 3.05) is 6.54 Å². The zero-order valence-electron chi connectivity index (χ0n) is 8.93. The van der Waals surface area contributed by atoms with E-state index in [1.165, 1.54) is 22.3 Å². The van der Waals surface area contributed by atoms with Gasteiger partial charge in [-0.15, -0.1) is 6.58 Å². The van der Waals surface area contributed by atoms with Gasteiger partial charge in [0.2, 0.25) is 0 Å². The highest BCUT2D eigenvalue weighted by Gasteiger charge is 2.19. The van der Waals surface area contributed by atoms with Crippen molar-refractivity contribution in [3.05, 3.63) is 47.0 Å². The van der Waals surface area contributed by atoms with Crippen LogP contribution in [0.15, 0.2) is 24.8 Å². The van der Waals surface area contributed by atoms with Crippen molar-refractivity contribution in [3.63, 3.8) is 0 Å². The third-order valence-electron chi connectivity index (χ3n) is 3.10. The number of fused-ring (bicyclic) bond motifs is 1. The maximum absolute atomic E-state index is 3.89. The maximum atomic E-state index is 3.89. The first kappa shape index (κ1) is 9.47. The Kier molecular flexibility index (Phi) is 2.42. The maximum Gasteiger partial charge on any atom is 0.0509 e. The Morgan fingerprint density at radius 3 is 2.79 bits per heavy atom. The van der Waals surface area contributed by atoms with Gasteiger partial charge in [0.15, 0.2) is 0 Å². The summed E-state index contributed by atoms with van der Waals surface area (Å²) in [5, 5.41) is 3.47. The number of rotatable bonds is 1. The van der Waals surface area contributed by atoms with E-state index >= 15 is 0 Å². The highest BCUT2D eigenvalue weighted by molar-refractivity contribution is 5.45. The molecule has 0 fully saturated rings. The van der Waals surface area contributed by atoms with Crippen molar-refractivity contribution >= 4 is 0 Å². The number of hydrogen-bond acceptors (Lipinski definition) is 1. The normalized spacial score (nSPS) is 20.3. The van der Waals surface area contributed by atoms with Gasteiger partial charge in [-0.05, 0) is 42.5 Å². The summed E-state index contributed by atoms with van der Waals surface area (Å²) < 4.78 is 0. The molecular weight excluding hydrogens is 170 g/mol. The molecule has 1 atom stereocenters. The molecular formula is C13H17N. The Hall–Kier alpha value is -1.08. The highest BCUT2D eigenvalue weighted by atomic mass is 14.9. The average molecular weight is 187 g/mol. The van der Waals surface area contributed by atoms with Crippen LogP contribution in [0.3, 0.4) is 0 Å². The topological polar surface area (TPSA) is 12.0 Å². The van der Waals surface area contributed by atoms with E-state index in [4.69, 9.17) is 0 Å². The molecule has 1 aromatic carbocycles. The minimum absolute atomic E-state index is 0.346. The minimum Gasteiger partial charge on any atom is -0.306 e. The van der Waals surface area contributed by atoms with E-state index in [0.29, 0.717) is 6.04 Å². The standard InChI is InChI=1S/C13H17N/c1-4-12-13-10(3)6-5-9(2)11(13)7-8-14-12/h4-6,12,14H,1,7-8H2,2-3H3. The Balaban J connectivity index is 2.60. The zero-order chi connectivity index (χ0) is 10.1. The second-order valence-electron chi connectivity index (χ2n) is 4.01.